The predicted molar refractivity (Wildman–Crippen MR) is 75.7 cm³/mol. The Kier molecular flexibility index (Phi) is 5.18. The normalized spacial score (nSPS) is 30.8. The fourth-order valence-corrected chi connectivity index (χ4v) is 2.06. The molecule has 1 aromatic heterocycles. The van der Waals surface area contributed by atoms with Gasteiger partial charge in [-0.05, 0) is 12.5 Å². The molecule has 1 fully saturated rings. The van der Waals surface area contributed by atoms with Gasteiger partial charge in [0, 0.05) is 12.6 Å². The minimum absolute atomic E-state index is 0.155. The average molecular weight is 330 g/mol. The van der Waals surface area contributed by atoms with Crippen LogP contribution in [0.5, 0.6) is 0 Å². The molecule has 1 aliphatic rings. The summed E-state index contributed by atoms with van der Waals surface area (Å²) in [5.41, 5.74) is 0.689. The molecule has 1 aromatic rings. The van der Waals surface area contributed by atoms with E-state index in [0.29, 0.717) is 11.0 Å². The van der Waals surface area contributed by atoms with Gasteiger partial charge in [-0.1, -0.05) is 6.92 Å². The Bertz CT molecular complexity index is 655. The van der Waals surface area contributed by atoms with E-state index >= 15 is 0 Å². The molecule has 0 unspecified atom stereocenters. The highest BCUT2D eigenvalue weighted by Gasteiger charge is 2.44. The number of hydrogen-bond acceptors (Lipinski definition) is 9. The van der Waals surface area contributed by atoms with Crippen LogP contribution in [0.3, 0.4) is 0 Å². The van der Waals surface area contributed by atoms with Gasteiger partial charge in [0.25, 0.3) is 0 Å². The van der Waals surface area contributed by atoms with E-state index in [1.165, 1.54) is 6.07 Å². The van der Waals surface area contributed by atoms with Crippen molar-refractivity contribution in [1.29, 1.82) is 0 Å². The zero-order valence-electron chi connectivity index (χ0n) is 13.4. The highest BCUT2D eigenvalue weighted by Crippen LogP contribution is 2.28. The second-order valence-electron chi connectivity index (χ2n) is 4.94. The van der Waals surface area contributed by atoms with Gasteiger partial charge in [-0.25, -0.2) is 4.79 Å². The summed E-state index contributed by atoms with van der Waals surface area (Å²) < 4.78 is 19.0. The molecule has 0 saturated carbocycles. The minimum Gasteiger partial charge on any atom is -0.463 e. The van der Waals surface area contributed by atoms with Crippen LogP contribution in [0, 0.1) is 0 Å². The first-order chi connectivity index (χ1) is 11.3. The fourth-order valence-electron chi connectivity index (χ4n) is 2.06. The number of nitrogens with one attached hydrogen (secondary N) is 1. The van der Waals surface area contributed by atoms with Gasteiger partial charge in [-0.3, -0.25) is 20.0 Å². The lowest BCUT2D eigenvalue weighted by Crippen LogP contribution is -2.36. The highest BCUT2D eigenvalue weighted by molar-refractivity contribution is 5.69. The largest absolute Gasteiger partial charge is 0.463 e. The van der Waals surface area contributed by atoms with E-state index in [0.717, 1.165) is 6.20 Å². The molecule has 10 nitrogen and oxygen atoms in total. The van der Waals surface area contributed by atoms with Crippen LogP contribution in [-0.2, 0) is 14.3 Å². The van der Waals surface area contributed by atoms with Crippen LogP contribution in [0.15, 0.2) is 17.1 Å². The molecule has 10 heteroatoms. The number of ether oxygens (including phenoxy) is 2. The summed E-state index contributed by atoms with van der Waals surface area (Å²) in [4.78, 5) is 26.7. The van der Waals surface area contributed by atoms with Gasteiger partial charge in [-0.15, -0.1) is 0 Å². The number of aliphatic hydroxyl groups excluding tert-OH is 2. The molecule has 23 heavy (non-hydrogen) atoms. The maximum absolute atomic E-state index is 11.9. The number of aliphatic hydroxyl groups is 2. The zero-order chi connectivity index (χ0) is 17.9. The Morgan fingerprint density at radius 2 is 2.30 bits per heavy atom. The molecular formula is C13H19N3O7. The maximum Gasteiger partial charge on any atom is 0.351 e. The van der Waals surface area contributed by atoms with Gasteiger partial charge < -0.3 is 19.7 Å². The van der Waals surface area contributed by atoms with Crippen molar-refractivity contribution in [3.8, 4) is 0 Å². The Hall–Kier alpha value is -2.01. The molecule has 0 bridgehead atoms. The van der Waals surface area contributed by atoms with Crippen LogP contribution >= 0.6 is 0 Å². The summed E-state index contributed by atoms with van der Waals surface area (Å²) in [5, 5.41) is 28.8. The number of nitrogens with zero attached hydrogens (tertiary/aromatic N) is 2. The molecule has 0 aliphatic carbocycles. The Morgan fingerprint density at radius 3 is 2.91 bits per heavy atom. The summed E-state index contributed by atoms with van der Waals surface area (Å²) in [7, 11) is 0. The average Bonchev–Trinajstić information content (AvgIpc) is 2.77. The van der Waals surface area contributed by atoms with Crippen molar-refractivity contribution in [2.75, 3.05) is 12.1 Å². The van der Waals surface area contributed by atoms with E-state index in [1.54, 1.807) is 12.4 Å². The zero-order valence-corrected chi connectivity index (χ0v) is 12.4. The first-order valence-electron chi connectivity index (χ1n) is 7.53. The fraction of sp³-hybridized carbons (Fsp3) is 0.615. The van der Waals surface area contributed by atoms with E-state index in [9.17, 15) is 19.8 Å². The van der Waals surface area contributed by atoms with Crippen LogP contribution in [0.4, 0.5) is 5.82 Å². The molecule has 2 heterocycles. The molecule has 128 valence electrons. The molecule has 0 amide bonds. The summed E-state index contributed by atoms with van der Waals surface area (Å²) in [6, 6.07) is 1.18. The van der Waals surface area contributed by atoms with Crippen molar-refractivity contribution in [1.82, 2.24) is 9.55 Å². The third-order valence-electron chi connectivity index (χ3n) is 3.25. The SMILES string of the molecule is [2H][C@@]1(n2ccc(NO)nc2=O)O[C@H](COC(=O)CCC)[C@@H](O)[C@H]1O. The quantitative estimate of drug-likeness (QED) is 0.381. The van der Waals surface area contributed by atoms with E-state index in [-0.39, 0.29) is 18.8 Å². The first-order valence-corrected chi connectivity index (χ1v) is 7.03. The van der Waals surface area contributed by atoms with Crippen molar-refractivity contribution in [2.45, 2.75) is 44.3 Å². The Balaban J connectivity index is 2.18. The lowest BCUT2D eigenvalue weighted by atomic mass is 10.1. The van der Waals surface area contributed by atoms with Crippen LogP contribution < -0.4 is 11.2 Å². The number of carbonyl (C=O) groups excluding carboxylic acids is 1. The molecule has 0 aromatic carbocycles. The number of rotatable bonds is 6. The number of esters is 1. The third-order valence-corrected chi connectivity index (χ3v) is 3.25. The molecule has 4 N–H and O–H groups in total. The van der Waals surface area contributed by atoms with E-state index in [2.05, 4.69) is 4.98 Å². The molecule has 1 aliphatic heterocycles. The Morgan fingerprint density at radius 1 is 1.57 bits per heavy atom. The van der Waals surface area contributed by atoms with Gasteiger partial charge in [-0.2, -0.15) is 4.98 Å². The van der Waals surface area contributed by atoms with E-state index in [4.69, 9.17) is 16.1 Å². The second-order valence-corrected chi connectivity index (χ2v) is 4.94. The minimum atomic E-state index is -2.35. The topological polar surface area (TPSA) is 143 Å². The Labute approximate surface area is 132 Å². The molecule has 0 spiro atoms. The number of hydrogen-bond donors (Lipinski definition) is 4. The first kappa shape index (κ1) is 15.9. The lowest BCUT2D eigenvalue weighted by molar-refractivity contribution is -0.150. The summed E-state index contributed by atoms with van der Waals surface area (Å²) >= 11 is 0. The standard InChI is InChI=1S/C13H19N3O7/c1-2-3-9(17)22-6-7-10(18)11(19)12(23-7)16-5-4-8(15-21)14-13(16)20/h4-5,7,10-12,18-19,21H,2-3,6H2,1H3,(H,14,15,20)/t7-,10-,11-,12-/m1/s1/i12D. The van der Waals surface area contributed by atoms with Crippen molar-refractivity contribution in [3.63, 3.8) is 0 Å². The van der Waals surface area contributed by atoms with E-state index < -0.39 is 36.2 Å². The van der Waals surface area contributed by atoms with Crippen molar-refractivity contribution in [3.05, 3.63) is 22.7 Å². The molecule has 4 atom stereocenters. The van der Waals surface area contributed by atoms with Gasteiger partial charge in [0.1, 0.15) is 24.9 Å². The number of anilines is 1. The summed E-state index contributed by atoms with van der Waals surface area (Å²) in [6.45, 7) is 1.43. The van der Waals surface area contributed by atoms with Crippen LogP contribution in [0.2, 0.25) is 0 Å². The monoisotopic (exact) mass is 330 g/mol. The van der Waals surface area contributed by atoms with Crippen molar-refractivity contribution in [2.24, 2.45) is 0 Å². The molecule has 2 rings (SSSR count). The molecule has 0 radical (unpaired) electrons. The van der Waals surface area contributed by atoms with E-state index in [1.807, 2.05) is 0 Å². The van der Waals surface area contributed by atoms with Crippen molar-refractivity contribution >= 4 is 11.8 Å². The van der Waals surface area contributed by atoms with Gasteiger partial charge in [0.2, 0.25) is 0 Å². The van der Waals surface area contributed by atoms with Crippen molar-refractivity contribution < 1.29 is 31.1 Å². The summed E-state index contributed by atoms with van der Waals surface area (Å²) in [6.07, 6.45) is -5.00. The second kappa shape index (κ2) is 7.51. The van der Waals surface area contributed by atoms with Crippen LogP contribution in [-0.4, -0.2) is 55.9 Å². The smallest absolute Gasteiger partial charge is 0.351 e. The number of carbonyl (C=O) groups is 1. The predicted octanol–water partition coefficient (Wildman–Crippen LogP) is -0.993. The van der Waals surface area contributed by atoms with Gasteiger partial charge in [0.15, 0.2) is 12.0 Å². The van der Waals surface area contributed by atoms with Gasteiger partial charge >= 0.3 is 11.7 Å². The summed E-state index contributed by atoms with van der Waals surface area (Å²) in [5.74, 6) is -0.652. The van der Waals surface area contributed by atoms with Crippen LogP contribution in [0.25, 0.3) is 0 Å². The third kappa shape index (κ3) is 3.85. The van der Waals surface area contributed by atoms with Crippen LogP contribution in [0.1, 0.15) is 27.3 Å². The maximum atomic E-state index is 11.9. The highest BCUT2D eigenvalue weighted by atomic mass is 16.6. The molecular weight excluding hydrogens is 310 g/mol. The number of aromatic nitrogens is 2. The lowest BCUT2D eigenvalue weighted by Gasteiger charge is -2.17. The van der Waals surface area contributed by atoms with Gasteiger partial charge in [0.05, 0.1) is 1.37 Å². The molecule has 1 saturated heterocycles.